The third-order valence-electron chi connectivity index (χ3n) is 5.23. The maximum Gasteiger partial charge on any atom is 0.262 e. The fraction of sp³-hybridized carbons (Fsp3) is 0.333. The van der Waals surface area contributed by atoms with Gasteiger partial charge in [-0.2, -0.15) is 5.26 Å². The number of benzene rings is 2. The number of nitrogens with zero attached hydrogens (tertiary/aromatic N) is 1. The van der Waals surface area contributed by atoms with Crippen LogP contribution in [0.25, 0.3) is 6.08 Å². The van der Waals surface area contributed by atoms with Gasteiger partial charge in [0.25, 0.3) is 5.91 Å². The minimum Gasteiger partial charge on any atom is -0.489 e. The maximum absolute atomic E-state index is 12.5. The number of hydrogen-bond donors (Lipinski definition) is 1. The van der Waals surface area contributed by atoms with Crippen molar-refractivity contribution in [2.75, 3.05) is 0 Å². The fourth-order valence-corrected chi connectivity index (χ4v) is 3.49. The maximum atomic E-state index is 12.5. The number of nitrogens with one attached hydrogen (secondary N) is 1. The molecule has 2 aromatic carbocycles. The van der Waals surface area contributed by atoms with Gasteiger partial charge in [-0.3, -0.25) is 4.79 Å². The van der Waals surface area contributed by atoms with Crippen molar-refractivity contribution in [1.29, 1.82) is 5.26 Å². The van der Waals surface area contributed by atoms with E-state index in [0.29, 0.717) is 12.5 Å². The summed E-state index contributed by atoms with van der Waals surface area (Å²) < 4.78 is 5.77. The number of amides is 1. The summed E-state index contributed by atoms with van der Waals surface area (Å²) in [5.74, 6) is 0.921. The van der Waals surface area contributed by atoms with Crippen molar-refractivity contribution in [3.63, 3.8) is 0 Å². The molecule has 1 aliphatic carbocycles. The van der Waals surface area contributed by atoms with E-state index in [1.54, 1.807) is 6.08 Å². The summed E-state index contributed by atoms with van der Waals surface area (Å²) >= 11 is 0. The highest BCUT2D eigenvalue weighted by atomic mass is 16.5. The summed E-state index contributed by atoms with van der Waals surface area (Å²) in [6.45, 7) is 2.66. The molecule has 0 radical (unpaired) electrons. The van der Waals surface area contributed by atoms with E-state index in [4.69, 9.17) is 4.74 Å². The molecule has 1 N–H and O–H groups in total. The molecule has 0 unspecified atom stereocenters. The predicted molar refractivity (Wildman–Crippen MR) is 110 cm³/mol. The molecule has 144 valence electrons. The number of carbonyl (C=O) groups is 1. The summed E-state index contributed by atoms with van der Waals surface area (Å²) in [5.41, 5.74) is 2.04. The Kier molecular flexibility index (Phi) is 6.86. The molecule has 28 heavy (non-hydrogen) atoms. The molecule has 3 rings (SSSR count). The van der Waals surface area contributed by atoms with Crippen molar-refractivity contribution in [1.82, 2.24) is 5.32 Å². The molecular formula is C24H26N2O2. The van der Waals surface area contributed by atoms with Gasteiger partial charge in [-0.1, -0.05) is 62.2 Å². The lowest BCUT2D eigenvalue weighted by Crippen LogP contribution is -2.41. The largest absolute Gasteiger partial charge is 0.489 e. The van der Waals surface area contributed by atoms with E-state index in [-0.39, 0.29) is 17.5 Å². The second-order valence-corrected chi connectivity index (χ2v) is 7.35. The molecule has 2 atom stereocenters. The average Bonchev–Trinajstić information content (AvgIpc) is 2.73. The Bertz CT molecular complexity index is 850. The first-order chi connectivity index (χ1) is 13.7. The van der Waals surface area contributed by atoms with Crippen LogP contribution in [0.4, 0.5) is 0 Å². The van der Waals surface area contributed by atoms with Crippen molar-refractivity contribution in [3.8, 4) is 11.8 Å². The van der Waals surface area contributed by atoms with Crippen LogP contribution >= 0.6 is 0 Å². The minimum absolute atomic E-state index is 0.135. The Labute approximate surface area is 166 Å². The van der Waals surface area contributed by atoms with Crippen LogP contribution in [0.1, 0.15) is 43.7 Å². The molecular weight excluding hydrogens is 348 g/mol. The Hall–Kier alpha value is -3.06. The first-order valence-corrected chi connectivity index (χ1v) is 9.85. The van der Waals surface area contributed by atoms with Gasteiger partial charge in [-0.15, -0.1) is 0 Å². The first-order valence-electron chi connectivity index (χ1n) is 9.85. The molecule has 0 aliphatic heterocycles. The van der Waals surface area contributed by atoms with E-state index in [1.165, 1.54) is 6.42 Å². The van der Waals surface area contributed by atoms with Crippen LogP contribution in [0.2, 0.25) is 0 Å². The minimum atomic E-state index is -0.286. The molecule has 4 heteroatoms. The highest BCUT2D eigenvalue weighted by Crippen LogP contribution is 2.24. The molecule has 0 saturated heterocycles. The van der Waals surface area contributed by atoms with Gasteiger partial charge in [0.1, 0.15) is 24.0 Å². The van der Waals surface area contributed by atoms with E-state index in [9.17, 15) is 10.1 Å². The lowest BCUT2D eigenvalue weighted by molar-refractivity contribution is -0.118. The number of ether oxygens (including phenoxy) is 1. The van der Waals surface area contributed by atoms with Crippen LogP contribution < -0.4 is 10.1 Å². The van der Waals surface area contributed by atoms with Crippen molar-refractivity contribution >= 4 is 12.0 Å². The van der Waals surface area contributed by atoms with Gasteiger partial charge < -0.3 is 10.1 Å². The van der Waals surface area contributed by atoms with E-state index >= 15 is 0 Å². The van der Waals surface area contributed by atoms with Crippen LogP contribution in [-0.2, 0) is 11.4 Å². The zero-order chi connectivity index (χ0) is 19.8. The zero-order valence-corrected chi connectivity index (χ0v) is 16.2. The Balaban J connectivity index is 1.60. The molecule has 1 amide bonds. The fourth-order valence-electron chi connectivity index (χ4n) is 3.49. The normalized spacial score (nSPS) is 19.5. The van der Waals surface area contributed by atoms with Gasteiger partial charge in [-0.25, -0.2) is 0 Å². The molecule has 0 heterocycles. The Morgan fingerprint density at radius 2 is 1.86 bits per heavy atom. The van der Waals surface area contributed by atoms with Crippen molar-refractivity contribution in [3.05, 3.63) is 71.3 Å². The van der Waals surface area contributed by atoms with E-state index < -0.39 is 0 Å². The van der Waals surface area contributed by atoms with Crippen molar-refractivity contribution < 1.29 is 9.53 Å². The van der Waals surface area contributed by atoms with Gasteiger partial charge >= 0.3 is 0 Å². The second-order valence-electron chi connectivity index (χ2n) is 7.35. The van der Waals surface area contributed by atoms with Gasteiger partial charge in [0.2, 0.25) is 0 Å². The Morgan fingerprint density at radius 3 is 2.54 bits per heavy atom. The highest BCUT2D eigenvalue weighted by molar-refractivity contribution is 6.01. The molecule has 0 spiro atoms. The summed E-state index contributed by atoms with van der Waals surface area (Å²) in [7, 11) is 0. The predicted octanol–water partition coefficient (Wildman–Crippen LogP) is 4.87. The van der Waals surface area contributed by atoms with Crippen LogP contribution in [-0.4, -0.2) is 11.9 Å². The van der Waals surface area contributed by atoms with Crippen LogP contribution in [0.15, 0.2) is 60.2 Å². The van der Waals surface area contributed by atoms with Gasteiger partial charge in [-0.05, 0) is 48.1 Å². The summed E-state index contributed by atoms with van der Waals surface area (Å²) in [6, 6.07) is 19.6. The quantitative estimate of drug-likeness (QED) is 0.580. The topological polar surface area (TPSA) is 62.1 Å². The molecule has 1 fully saturated rings. The van der Waals surface area contributed by atoms with Gasteiger partial charge in [0.05, 0.1) is 0 Å². The first kappa shape index (κ1) is 19.7. The highest BCUT2D eigenvalue weighted by Gasteiger charge is 2.24. The standard InChI is InChI=1S/C24H26N2O2/c1-18-7-5-6-10-23(18)26-24(27)21(16-25)15-19-11-13-22(14-12-19)28-17-20-8-3-2-4-9-20/h2-4,8-9,11-15,18,23H,5-7,10,17H2,1H3,(H,26,27)/b21-15-/t18-,23-/m0/s1. The Morgan fingerprint density at radius 1 is 1.14 bits per heavy atom. The number of hydrogen-bond acceptors (Lipinski definition) is 3. The number of rotatable bonds is 6. The smallest absolute Gasteiger partial charge is 0.262 e. The summed E-state index contributed by atoms with van der Waals surface area (Å²) in [5, 5.41) is 12.4. The lowest BCUT2D eigenvalue weighted by atomic mass is 9.86. The summed E-state index contributed by atoms with van der Waals surface area (Å²) in [6.07, 6.45) is 6.09. The molecule has 0 aromatic heterocycles. The third-order valence-corrected chi connectivity index (χ3v) is 5.23. The van der Waals surface area contributed by atoms with Crippen LogP contribution in [0, 0.1) is 17.2 Å². The van der Waals surface area contributed by atoms with E-state index in [1.807, 2.05) is 60.7 Å². The molecule has 2 aromatic rings. The van der Waals surface area contributed by atoms with Gasteiger partial charge in [0.15, 0.2) is 0 Å². The monoisotopic (exact) mass is 374 g/mol. The lowest BCUT2D eigenvalue weighted by Gasteiger charge is -2.29. The SMILES string of the molecule is C[C@H]1CCCC[C@@H]1NC(=O)/C(C#N)=C\c1ccc(OCc2ccccc2)cc1. The van der Waals surface area contributed by atoms with Crippen molar-refractivity contribution in [2.24, 2.45) is 5.92 Å². The van der Waals surface area contributed by atoms with Gasteiger partial charge in [0, 0.05) is 6.04 Å². The number of nitriles is 1. The second kappa shape index (κ2) is 9.75. The summed E-state index contributed by atoms with van der Waals surface area (Å²) in [4.78, 5) is 12.5. The van der Waals surface area contributed by atoms with Crippen LogP contribution in [0.3, 0.4) is 0 Å². The zero-order valence-electron chi connectivity index (χ0n) is 16.2. The molecule has 0 bridgehead atoms. The van der Waals surface area contributed by atoms with E-state index in [0.717, 1.165) is 36.1 Å². The molecule has 4 nitrogen and oxygen atoms in total. The molecule has 1 aliphatic rings. The third kappa shape index (κ3) is 5.47. The average molecular weight is 374 g/mol. The van der Waals surface area contributed by atoms with Crippen molar-refractivity contribution in [2.45, 2.75) is 45.3 Å². The van der Waals surface area contributed by atoms with Crippen LogP contribution in [0.5, 0.6) is 5.75 Å². The molecule has 1 saturated carbocycles. The van der Waals surface area contributed by atoms with E-state index in [2.05, 4.69) is 12.2 Å². The number of carbonyl (C=O) groups excluding carboxylic acids is 1.